The molecule has 1 fully saturated rings. The lowest BCUT2D eigenvalue weighted by atomic mass is 10.1. The Balaban J connectivity index is 0.000000158. The Kier molecular flexibility index (Phi) is 7.44. The van der Waals surface area contributed by atoms with Crippen LogP contribution in [0.15, 0.2) is 55.0 Å². The summed E-state index contributed by atoms with van der Waals surface area (Å²) in [7, 11) is 1.86. The van der Waals surface area contributed by atoms with Crippen LogP contribution in [0.4, 0.5) is 16.8 Å². The van der Waals surface area contributed by atoms with Crippen LogP contribution < -0.4 is 16.0 Å². The van der Waals surface area contributed by atoms with Crippen LogP contribution in [-0.2, 0) is 5.75 Å². The predicted octanol–water partition coefficient (Wildman–Crippen LogP) is 5.48. The first-order chi connectivity index (χ1) is 15.7. The summed E-state index contributed by atoms with van der Waals surface area (Å²) >= 11 is 5.77. The highest BCUT2D eigenvalue weighted by atomic mass is 32.1. The van der Waals surface area contributed by atoms with E-state index in [2.05, 4.69) is 62.1 Å². The third-order valence-corrected chi connectivity index (χ3v) is 6.70. The number of hydrogen-bond acceptors (Lipinski definition) is 8. The van der Waals surface area contributed by atoms with Crippen LogP contribution in [0.5, 0.6) is 0 Å². The number of thiazole rings is 1. The number of pyridine rings is 2. The number of anilines is 3. The molecule has 1 saturated heterocycles. The molecule has 3 aromatic heterocycles. The van der Waals surface area contributed by atoms with Gasteiger partial charge in [0.15, 0.2) is 5.13 Å². The molecule has 0 unspecified atom stereocenters. The van der Waals surface area contributed by atoms with Crippen LogP contribution in [-0.4, -0.2) is 35.1 Å². The van der Waals surface area contributed by atoms with E-state index in [-0.39, 0.29) is 0 Å². The number of thiol groups is 1. The number of nitrogens with zero attached hydrogens (tertiary/aromatic N) is 4. The fourth-order valence-electron chi connectivity index (χ4n) is 3.71. The zero-order valence-corrected chi connectivity index (χ0v) is 19.9. The van der Waals surface area contributed by atoms with Gasteiger partial charge in [-0.15, -0.1) is 0 Å². The summed E-state index contributed by atoms with van der Waals surface area (Å²) in [6.45, 7) is 2.31. The van der Waals surface area contributed by atoms with E-state index in [0.717, 1.165) is 51.7 Å². The number of rotatable bonds is 4. The van der Waals surface area contributed by atoms with E-state index in [1.807, 2.05) is 31.6 Å². The minimum atomic E-state index is 0.593. The van der Waals surface area contributed by atoms with E-state index >= 15 is 0 Å². The minimum Gasteiger partial charge on any atom is -0.375 e. The SMILES string of the molecule is CNc1cc2cc(-c3cnc(N)s3)ccc2cn1.SCc1ccnc(N2CCCCC2)c1. The molecule has 1 aliphatic rings. The number of nitrogens with one attached hydrogen (secondary N) is 1. The van der Waals surface area contributed by atoms with Gasteiger partial charge in [-0.3, -0.25) is 0 Å². The Morgan fingerprint density at radius 3 is 2.56 bits per heavy atom. The molecule has 0 spiro atoms. The third-order valence-electron chi connectivity index (χ3n) is 5.46. The van der Waals surface area contributed by atoms with Gasteiger partial charge in [0, 0.05) is 49.9 Å². The van der Waals surface area contributed by atoms with Gasteiger partial charge in [0.2, 0.25) is 0 Å². The van der Waals surface area contributed by atoms with Gasteiger partial charge in [0.05, 0.1) is 4.88 Å². The molecule has 166 valence electrons. The van der Waals surface area contributed by atoms with E-state index < -0.39 is 0 Å². The molecule has 0 amide bonds. The number of nitrogen functional groups attached to an aromatic ring is 1. The molecule has 4 aromatic rings. The smallest absolute Gasteiger partial charge is 0.180 e. The molecule has 0 saturated carbocycles. The van der Waals surface area contributed by atoms with Gasteiger partial charge < -0.3 is 16.0 Å². The highest BCUT2D eigenvalue weighted by Crippen LogP contribution is 2.30. The summed E-state index contributed by atoms with van der Waals surface area (Å²) in [5.74, 6) is 2.78. The molecule has 0 radical (unpaired) electrons. The summed E-state index contributed by atoms with van der Waals surface area (Å²) in [5, 5.41) is 5.91. The summed E-state index contributed by atoms with van der Waals surface area (Å²) in [6.07, 6.45) is 9.52. The van der Waals surface area contributed by atoms with Crippen molar-refractivity contribution in [2.24, 2.45) is 0 Å². The largest absolute Gasteiger partial charge is 0.375 e. The molecule has 0 atom stereocenters. The van der Waals surface area contributed by atoms with Gasteiger partial charge in [-0.25, -0.2) is 15.0 Å². The second-order valence-corrected chi connectivity index (χ2v) is 9.05. The molecule has 0 bridgehead atoms. The van der Waals surface area contributed by atoms with Gasteiger partial charge in [-0.05, 0) is 60.0 Å². The average Bonchev–Trinajstić information content (AvgIpc) is 3.30. The van der Waals surface area contributed by atoms with E-state index in [1.165, 1.54) is 36.2 Å². The highest BCUT2D eigenvalue weighted by molar-refractivity contribution is 7.79. The summed E-state index contributed by atoms with van der Waals surface area (Å²) in [4.78, 5) is 16.2. The molecule has 3 N–H and O–H groups in total. The van der Waals surface area contributed by atoms with Gasteiger partial charge in [-0.1, -0.05) is 23.5 Å². The minimum absolute atomic E-state index is 0.593. The topological polar surface area (TPSA) is 80.0 Å². The van der Waals surface area contributed by atoms with Gasteiger partial charge in [0.1, 0.15) is 11.6 Å². The van der Waals surface area contributed by atoms with Crippen molar-refractivity contribution in [1.29, 1.82) is 0 Å². The van der Waals surface area contributed by atoms with Crippen molar-refractivity contribution in [3.05, 3.63) is 60.6 Å². The quantitative estimate of drug-likeness (QED) is 0.347. The Morgan fingerprint density at radius 2 is 1.84 bits per heavy atom. The Bertz CT molecular complexity index is 1170. The number of fused-ring (bicyclic) bond motifs is 1. The normalized spacial score (nSPS) is 13.5. The Morgan fingerprint density at radius 1 is 1.00 bits per heavy atom. The molecule has 1 aromatic carbocycles. The highest BCUT2D eigenvalue weighted by Gasteiger charge is 2.11. The van der Waals surface area contributed by atoms with Crippen molar-refractivity contribution in [2.45, 2.75) is 25.0 Å². The van der Waals surface area contributed by atoms with Crippen molar-refractivity contribution in [2.75, 3.05) is 36.1 Å². The van der Waals surface area contributed by atoms with Crippen LogP contribution >= 0.6 is 24.0 Å². The lowest BCUT2D eigenvalue weighted by Gasteiger charge is -2.27. The van der Waals surface area contributed by atoms with Crippen molar-refractivity contribution in [3.8, 4) is 10.4 Å². The van der Waals surface area contributed by atoms with Crippen molar-refractivity contribution in [1.82, 2.24) is 15.0 Å². The molecule has 5 rings (SSSR count). The second kappa shape index (κ2) is 10.7. The average molecular weight is 465 g/mol. The lowest BCUT2D eigenvalue weighted by Crippen LogP contribution is -2.30. The van der Waals surface area contributed by atoms with E-state index in [4.69, 9.17) is 5.73 Å². The predicted molar refractivity (Wildman–Crippen MR) is 140 cm³/mol. The molecule has 0 aliphatic carbocycles. The van der Waals surface area contributed by atoms with Crippen molar-refractivity contribution >= 4 is 51.5 Å². The molecule has 1 aliphatic heterocycles. The first-order valence-corrected chi connectivity index (χ1v) is 12.2. The van der Waals surface area contributed by atoms with Crippen molar-refractivity contribution in [3.63, 3.8) is 0 Å². The molecule has 8 heteroatoms. The fraction of sp³-hybridized carbons (Fsp3) is 0.292. The number of aromatic nitrogens is 3. The van der Waals surface area contributed by atoms with Crippen LogP contribution in [0.1, 0.15) is 24.8 Å². The number of piperidine rings is 1. The fourth-order valence-corrected chi connectivity index (χ4v) is 4.58. The zero-order valence-electron chi connectivity index (χ0n) is 18.2. The zero-order chi connectivity index (χ0) is 22.3. The van der Waals surface area contributed by atoms with E-state index in [1.54, 1.807) is 6.20 Å². The van der Waals surface area contributed by atoms with Crippen LogP contribution in [0.2, 0.25) is 0 Å². The molecular formula is C24H28N6S2. The third kappa shape index (κ3) is 5.49. The van der Waals surface area contributed by atoms with Crippen LogP contribution in [0.25, 0.3) is 21.2 Å². The first-order valence-electron chi connectivity index (χ1n) is 10.8. The molecular weight excluding hydrogens is 436 g/mol. The van der Waals surface area contributed by atoms with Gasteiger partial charge in [0.25, 0.3) is 0 Å². The maximum atomic E-state index is 5.66. The number of hydrogen-bond donors (Lipinski definition) is 3. The molecule has 6 nitrogen and oxygen atoms in total. The van der Waals surface area contributed by atoms with Crippen LogP contribution in [0.3, 0.4) is 0 Å². The number of benzene rings is 1. The van der Waals surface area contributed by atoms with E-state index in [0.29, 0.717) is 5.13 Å². The van der Waals surface area contributed by atoms with Gasteiger partial charge >= 0.3 is 0 Å². The maximum absolute atomic E-state index is 5.66. The summed E-state index contributed by atoms with van der Waals surface area (Å²) < 4.78 is 0. The second-order valence-electron chi connectivity index (χ2n) is 7.67. The van der Waals surface area contributed by atoms with Gasteiger partial charge in [-0.2, -0.15) is 12.6 Å². The van der Waals surface area contributed by atoms with E-state index in [9.17, 15) is 0 Å². The Hall–Kier alpha value is -2.84. The number of nitrogens with two attached hydrogens (primary N) is 1. The standard InChI is InChI=1S/C13H12N4S.C11H16N2S/c1-15-12-5-10-4-8(2-3-9(10)6-16-12)11-7-17-13(14)18-11;14-9-10-4-5-12-11(8-10)13-6-2-1-3-7-13/h2-7H,1H3,(H2,14,17)(H,15,16);4-5,8,14H,1-3,6-7,9H2. The first kappa shape index (κ1) is 22.4. The summed E-state index contributed by atoms with van der Waals surface area (Å²) in [5.41, 5.74) is 8.04. The lowest BCUT2D eigenvalue weighted by molar-refractivity contribution is 0.573. The monoisotopic (exact) mass is 464 g/mol. The van der Waals surface area contributed by atoms with Crippen LogP contribution in [0, 0.1) is 0 Å². The summed E-state index contributed by atoms with van der Waals surface area (Å²) in [6, 6.07) is 12.5. The maximum Gasteiger partial charge on any atom is 0.180 e. The Labute approximate surface area is 198 Å². The molecule has 32 heavy (non-hydrogen) atoms. The van der Waals surface area contributed by atoms with Crippen molar-refractivity contribution < 1.29 is 0 Å². The molecule has 4 heterocycles.